The van der Waals surface area contributed by atoms with Crippen molar-refractivity contribution < 1.29 is 9.53 Å². The fourth-order valence-electron chi connectivity index (χ4n) is 1.64. The molecule has 86 valence electrons. The van der Waals surface area contributed by atoms with E-state index in [9.17, 15) is 4.79 Å². The second kappa shape index (κ2) is 6.58. The number of nitrogens with one attached hydrogen (secondary N) is 2. The van der Waals surface area contributed by atoms with Gasteiger partial charge in [0.2, 0.25) is 5.91 Å². The van der Waals surface area contributed by atoms with Gasteiger partial charge in [0.15, 0.2) is 0 Å². The van der Waals surface area contributed by atoms with Crippen LogP contribution in [0, 0.1) is 0 Å². The number of rotatable bonds is 6. The third-order valence-electron chi connectivity index (χ3n) is 2.38. The summed E-state index contributed by atoms with van der Waals surface area (Å²) < 4.78 is 4.94. The van der Waals surface area contributed by atoms with Crippen molar-refractivity contribution in [1.29, 1.82) is 0 Å². The van der Waals surface area contributed by atoms with E-state index in [1.165, 1.54) is 0 Å². The van der Waals surface area contributed by atoms with Gasteiger partial charge >= 0.3 is 0 Å². The molecule has 1 aliphatic rings. The Morgan fingerprint density at radius 2 is 2.20 bits per heavy atom. The molecule has 0 bridgehead atoms. The van der Waals surface area contributed by atoms with E-state index in [0.717, 1.165) is 12.8 Å². The molecule has 0 heterocycles. The smallest absolute Gasteiger partial charge is 0.234 e. The van der Waals surface area contributed by atoms with Crippen LogP contribution in [0.3, 0.4) is 0 Å². The lowest BCUT2D eigenvalue weighted by Crippen LogP contribution is -2.43. The van der Waals surface area contributed by atoms with Gasteiger partial charge in [-0.2, -0.15) is 0 Å². The number of ether oxygens (including phenoxy) is 1. The molecule has 0 aromatic rings. The Morgan fingerprint density at radius 3 is 2.80 bits per heavy atom. The zero-order valence-corrected chi connectivity index (χ0v) is 9.45. The molecular formula is C11H20N2O2. The van der Waals surface area contributed by atoms with Gasteiger partial charge in [0, 0.05) is 19.2 Å². The number of carbonyl (C=O) groups excluding carboxylic acids is 1. The molecule has 0 aromatic carbocycles. The second-order valence-electron chi connectivity index (χ2n) is 3.94. The van der Waals surface area contributed by atoms with Crippen molar-refractivity contribution >= 4 is 5.91 Å². The quantitative estimate of drug-likeness (QED) is 0.628. The molecule has 1 aliphatic carbocycles. The van der Waals surface area contributed by atoms with Crippen molar-refractivity contribution in [2.75, 3.05) is 20.3 Å². The van der Waals surface area contributed by atoms with Gasteiger partial charge in [0.25, 0.3) is 0 Å². The van der Waals surface area contributed by atoms with Gasteiger partial charge in [0.05, 0.1) is 13.2 Å². The number of amides is 1. The molecule has 0 aromatic heterocycles. The zero-order valence-electron chi connectivity index (χ0n) is 9.45. The van der Waals surface area contributed by atoms with Gasteiger partial charge in [-0.25, -0.2) is 0 Å². The van der Waals surface area contributed by atoms with Gasteiger partial charge < -0.3 is 15.4 Å². The molecule has 0 saturated carbocycles. The molecule has 0 spiro atoms. The minimum Gasteiger partial charge on any atom is -0.383 e. The highest BCUT2D eigenvalue weighted by molar-refractivity contribution is 5.78. The van der Waals surface area contributed by atoms with Crippen LogP contribution in [0.25, 0.3) is 0 Å². The Hall–Kier alpha value is -0.870. The average Bonchev–Trinajstić information content (AvgIpc) is 2.67. The van der Waals surface area contributed by atoms with E-state index in [-0.39, 0.29) is 11.9 Å². The fraction of sp³-hybridized carbons (Fsp3) is 0.727. The predicted octanol–water partition coefficient (Wildman–Crippen LogP) is 0.446. The van der Waals surface area contributed by atoms with Crippen molar-refractivity contribution in [2.45, 2.75) is 31.8 Å². The monoisotopic (exact) mass is 212 g/mol. The highest BCUT2D eigenvalue weighted by atomic mass is 16.5. The lowest BCUT2D eigenvalue weighted by molar-refractivity contribution is -0.121. The van der Waals surface area contributed by atoms with E-state index in [2.05, 4.69) is 22.8 Å². The highest BCUT2D eigenvalue weighted by Gasteiger charge is 2.12. The first kappa shape index (κ1) is 12.2. The van der Waals surface area contributed by atoms with Crippen LogP contribution in [0.1, 0.15) is 19.8 Å². The summed E-state index contributed by atoms with van der Waals surface area (Å²) in [6, 6.07) is 0.513. The summed E-state index contributed by atoms with van der Waals surface area (Å²) in [5.41, 5.74) is 0. The molecule has 1 amide bonds. The van der Waals surface area contributed by atoms with Crippen LogP contribution in [0.2, 0.25) is 0 Å². The maximum atomic E-state index is 11.4. The molecular weight excluding hydrogens is 192 g/mol. The summed E-state index contributed by atoms with van der Waals surface area (Å²) in [7, 11) is 1.63. The zero-order chi connectivity index (χ0) is 11.1. The van der Waals surface area contributed by atoms with E-state index in [0.29, 0.717) is 19.2 Å². The minimum atomic E-state index is 0.0337. The van der Waals surface area contributed by atoms with Gasteiger partial charge in [-0.1, -0.05) is 12.2 Å². The molecule has 1 rings (SSSR count). The summed E-state index contributed by atoms with van der Waals surface area (Å²) in [5.74, 6) is 0.0337. The summed E-state index contributed by atoms with van der Waals surface area (Å²) in [4.78, 5) is 11.4. The molecule has 0 radical (unpaired) electrons. The molecule has 0 fully saturated rings. The summed E-state index contributed by atoms with van der Waals surface area (Å²) in [5, 5.41) is 6.07. The third-order valence-corrected chi connectivity index (χ3v) is 2.38. The topological polar surface area (TPSA) is 50.4 Å². The van der Waals surface area contributed by atoms with Crippen molar-refractivity contribution in [3.63, 3.8) is 0 Å². The van der Waals surface area contributed by atoms with Crippen molar-refractivity contribution in [2.24, 2.45) is 0 Å². The Balaban J connectivity index is 2.07. The molecule has 1 unspecified atom stereocenters. The van der Waals surface area contributed by atoms with E-state index in [4.69, 9.17) is 4.74 Å². The van der Waals surface area contributed by atoms with Crippen LogP contribution in [0.5, 0.6) is 0 Å². The SMILES string of the molecule is COCC(C)NC(=O)CNC1CC=CC1. The van der Waals surface area contributed by atoms with E-state index < -0.39 is 0 Å². The van der Waals surface area contributed by atoms with Gasteiger partial charge in [0.1, 0.15) is 0 Å². The molecule has 4 heteroatoms. The first-order chi connectivity index (χ1) is 7.22. The van der Waals surface area contributed by atoms with Crippen molar-refractivity contribution in [3.8, 4) is 0 Å². The van der Waals surface area contributed by atoms with Crippen LogP contribution < -0.4 is 10.6 Å². The van der Waals surface area contributed by atoms with Crippen LogP contribution in [0.15, 0.2) is 12.2 Å². The van der Waals surface area contributed by atoms with Crippen LogP contribution in [-0.2, 0) is 9.53 Å². The summed E-state index contributed by atoms with van der Waals surface area (Å²) in [6.07, 6.45) is 6.34. The van der Waals surface area contributed by atoms with Crippen molar-refractivity contribution in [1.82, 2.24) is 10.6 Å². The Morgan fingerprint density at radius 1 is 1.53 bits per heavy atom. The summed E-state index contributed by atoms with van der Waals surface area (Å²) in [6.45, 7) is 2.87. The normalized spacial score (nSPS) is 18.0. The second-order valence-corrected chi connectivity index (χ2v) is 3.94. The van der Waals surface area contributed by atoms with Gasteiger partial charge in [-0.05, 0) is 19.8 Å². The lowest BCUT2D eigenvalue weighted by Gasteiger charge is -2.15. The third kappa shape index (κ3) is 4.95. The van der Waals surface area contributed by atoms with Crippen LogP contribution >= 0.6 is 0 Å². The molecule has 0 saturated heterocycles. The van der Waals surface area contributed by atoms with E-state index >= 15 is 0 Å². The van der Waals surface area contributed by atoms with Gasteiger partial charge in [-0.3, -0.25) is 4.79 Å². The number of methoxy groups -OCH3 is 1. The average molecular weight is 212 g/mol. The maximum absolute atomic E-state index is 11.4. The summed E-state index contributed by atoms with van der Waals surface area (Å²) >= 11 is 0. The van der Waals surface area contributed by atoms with Crippen LogP contribution in [0.4, 0.5) is 0 Å². The number of carbonyl (C=O) groups is 1. The molecule has 15 heavy (non-hydrogen) atoms. The Kier molecular flexibility index (Phi) is 5.36. The minimum absolute atomic E-state index is 0.0337. The Bertz CT molecular complexity index is 221. The van der Waals surface area contributed by atoms with E-state index in [1.807, 2.05) is 6.92 Å². The standard InChI is InChI=1S/C11H20N2O2/c1-9(8-15-2)13-11(14)7-12-10-5-3-4-6-10/h3-4,9-10,12H,5-8H2,1-2H3,(H,13,14). The first-order valence-corrected chi connectivity index (χ1v) is 5.39. The predicted molar refractivity (Wildman–Crippen MR) is 59.6 cm³/mol. The number of hydrogen-bond acceptors (Lipinski definition) is 3. The molecule has 4 nitrogen and oxygen atoms in total. The molecule has 0 aliphatic heterocycles. The first-order valence-electron chi connectivity index (χ1n) is 5.39. The van der Waals surface area contributed by atoms with Crippen LogP contribution in [-0.4, -0.2) is 38.3 Å². The molecule has 1 atom stereocenters. The van der Waals surface area contributed by atoms with Gasteiger partial charge in [-0.15, -0.1) is 0 Å². The highest BCUT2D eigenvalue weighted by Crippen LogP contribution is 2.08. The maximum Gasteiger partial charge on any atom is 0.234 e. The fourth-order valence-corrected chi connectivity index (χ4v) is 1.64. The van der Waals surface area contributed by atoms with Crippen molar-refractivity contribution in [3.05, 3.63) is 12.2 Å². The number of hydrogen-bond donors (Lipinski definition) is 2. The largest absolute Gasteiger partial charge is 0.383 e. The Labute approximate surface area is 91.1 Å². The van der Waals surface area contributed by atoms with E-state index in [1.54, 1.807) is 7.11 Å². The molecule has 2 N–H and O–H groups in total. The lowest BCUT2D eigenvalue weighted by atomic mass is 10.2.